The van der Waals surface area contributed by atoms with Crippen LogP contribution in [-0.2, 0) is 5.41 Å². The molecule has 0 saturated carbocycles. The predicted molar refractivity (Wildman–Crippen MR) is 220 cm³/mol. The molecule has 7 aromatic carbocycles. The van der Waals surface area contributed by atoms with Crippen LogP contribution in [0.2, 0.25) is 0 Å². The molecule has 0 fully saturated rings. The maximum atomic E-state index is 6.95. The molecule has 0 N–H and O–H groups in total. The third-order valence-corrected chi connectivity index (χ3v) is 11.4. The van der Waals surface area contributed by atoms with Crippen LogP contribution in [0.3, 0.4) is 0 Å². The van der Waals surface area contributed by atoms with E-state index in [1.54, 1.807) is 0 Å². The number of benzene rings is 7. The molecular weight excluding hydrogens is 645 g/mol. The summed E-state index contributed by atoms with van der Waals surface area (Å²) < 4.78 is 9.36. The Morgan fingerprint density at radius 3 is 1.89 bits per heavy atom. The highest BCUT2D eigenvalue weighted by atomic mass is 16.3. The van der Waals surface area contributed by atoms with Crippen molar-refractivity contribution < 1.29 is 4.42 Å². The van der Waals surface area contributed by atoms with Crippen molar-refractivity contribution >= 4 is 43.7 Å². The Morgan fingerprint density at radius 1 is 0.528 bits per heavy atom. The minimum atomic E-state index is -0.199. The van der Waals surface area contributed by atoms with E-state index in [0.29, 0.717) is 0 Å². The molecule has 0 bridgehead atoms. The molecule has 1 aliphatic carbocycles. The molecule has 1 aliphatic rings. The lowest BCUT2D eigenvalue weighted by atomic mass is 9.80. The van der Waals surface area contributed by atoms with Crippen molar-refractivity contribution in [1.29, 1.82) is 0 Å². The van der Waals surface area contributed by atoms with Gasteiger partial charge < -0.3 is 8.98 Å². The highest BCUT2D eigenvalue weighted by Gasteiger charge is 2.41. The fraction of sp³-hybridized carbons (Fsp3) is 0.0600. The van der Waals surface area contributed by atoms with Gasteiger partial charge in [-0.2, -0.15) is 0 Å². The fourth-order valence-corrected chi connectivity index (χ4v) is 8.98. The summed E-state index contributed by atoms with van der Waals surface area (Å²) in [7, 11) is 0. The Morgan fingerprint density at radius 2 is 1.13 bits per heavy atom. The summed E-state index contributed by atoms with van der Waals surface area (Å²) in [6, 6.07) is 60.6. The summed E-state index contributed by atoms with van der Waals surface area (Å²) in [5.41, 5.74) is 16.7. The third-order valence-electron chi connectivity index (χ3n) is 11.4. The fourth-order valence-electron chi connectivity index (χ4n) is 8.98. The number of aromatic nitrogens is 2. The van der Waals surface area contributed by atoms with E-state index in [-0.39, 0.29) is 5.41 Å². The molecule has 0 saturated heterocycles. The largest absolute Gasteiger partial charge is 0.454 e. The first-order chi connectivity index (χ1) is 26.1. The molecule has 3 heterocycles. The van der Waals surface area contributed by atoms with Gasteiger partial charge in [-0.15, -0.1) is 0 Å². The van der Waals surface area contributed by atoms with Crippen LogP contribution < -0.4 is 0 Å². The molecular formula is C50H34N2O. The van der Waals surface area contributed by atoms with Crippen molar-refractivity contribution in [2.75, 3.05) is 0 Å². The van der Waals surface area contributed by atoms with Crippen molar-refractivity contribution in [3.63, 3.8) is 0 Å². The van der Waals surface area contributed by atoms with Gasteiger partial charge in [0.15, 0.2) is 5.58 Å². The number of hydrogen-bond donors (Lipinski definition) is 0. The monoisotopic (exact) mass is 678 g/mol. The highest BCUT2D eigenvalue weighted by Crippen LogP contribution is 2.58. The van der Waals surface area contributed by atoms with Crippen molar-refractivity contribution in [2.45, 2.75) is 19.3 Å². The molecule has 0 radical (unpaired) electrons. The van der Waals surface area contributed by atoms with E-state index in [1.165, 1.54) is 44.0 Å². The molecule has 250 valence electrons. The summed E-state index contributed by atoms with van der Waals surface area (Å²) in [4.78, 5) is 5.21. The second-order valence-electron chi connectivity index (χ2n) is 14.7. The number of nitrogens with zero attached hydrogens (tertiary/aromatic N) is 2. The lowest BCUT2D eigenvalue weighted by Crippen LogP contribution is -2.15. The normalized spacial score (nSPS) is 13.2. The maximum absolute atomic E-state index is 6.95. The van der Waals surface area contributed by atoms with Crippen LogP contribution in [0, 0.1) is 0 Å². The second kappa shape index (κ2) is 11.1. The molecule has 11 rings (SSSR count). The minimum absolute atomic E-state index is 0.199. The molecule has 3 heteroatoms. The minimum Gasteiger partial charge on any atom is -0.454 e. The number of furan rings is 1. The molecule has 0 atom stereocenters. The number of fused-ring (bicyclic) bond motifs is 12. The van der Waals surface area contributed by atoms with Crippen molar-refractivity contribution in [1.82, 2.24) is 9.55 Å². The Bertz CT molecular complexity index is 3000. The van der Waals surface area contributed by atoms with E-state index in [9.17, 15) is 0 Å². The Balaban J connectivity index is 1.18. The van der Waals surface area contributed by atoms with Gasteiger partial charge in [-0.25, -0.2) is 4.98 Å². The lowest BCUT2D eigenvalue weighted by Gasteiger charge is -2.22. The quantitative estimate of drug-likeness (QED) is 0.185. The van der Waals surface area contributed by atoms with Gasteiger partial charge in [0.05, 0.1) is 22.4 Å². The summed E-state index contributed by atoms with van der Waals surface area (Å²) in [6.07, 6.45) is 0. The maximum Gasteiger partial charge on any atom is 0.160 e. The first kappa shape index (κ1) is 30.0. The Hall–Kier alpha value is -6.71. The van der Waals surface area contributed by atoms with E-state index in [1.807, 2.05) is 6.07 Å². The average molecular weight is 679 g/mol. The average Bonchev–Trinajstić information content (AvgIpc) is 3.84. The van der Waals surface area contributed by atoms with Gasteiger partial charge in [-0.3, -0.25) is 0 Å². The van der Waals surface area contributed by atoms with Crippen molar-refractivity contribution in [2.24, 2.45) is 0 Å². The lowest BCUT2D eigenvalue weighted by molar-refractivity contribution is 0.658. The van der Waals surface area contributed by atoms with Crippen LogP contribution in [0.25, 0.3) is 94.2 Å². The Labute approximate surface area is 307 Å². The van der Waals surface area contributed by atoms with Gasteiger partial charge >= 0.3 is 0 Å². The van der Waals surface area contributed by atoms with Gasteiger partial charge in [0.2, 0.25) is 0 Å². The molecule has 0 unspecified atom stereocenters. The number of para-hydroxylation sites is 2. The molecule has 53 heavy (non-hydrogen) atoms. The standard InChI is InChI=1S/C50H34N2O/c1-50(2)39-22-12-9-19-36(39)44-45-37-20-10-13-23-42(37)52(48(45)49-46(47(44)50)38-21-11-14-24-43(38)53-49)35-27-25-33(26-28-35)41-30-34(31-15-5-3-6-16-31)29-40(51-41)32-17-7-4-8-18-32/h3-30H,1-2H3. The number of rotatable bonds is 4. The number of pyridine rings is 1. The summed E-state index contributed by atoms with van der Waals surface area (Å²) >= 11 is 0. The molecule has 3 nitrogen and oxygen atoms in total. The van der Waals surface area contributed by atoms with Crippen LogP contribution in [0.4, 0.5) is 0 Å². The molecule has 0 spiro atoms. The van der Waals surface area contributed by atoms with E-state index < -0.39 is 0 Å². The molecule has 10 aromatic rings. The van der Waals surface area contributed by atoms with Crippen molar-refractivity contribution in [3.05, 3.63) is 181 Å². The first-order valence-corrected chi connectivity index (χ1v) is 18.3. The molecule has 0 amide bonds. The van der Waals surface area contributed by atoms with Crippen LogP contribution in [0.5, 0.6) is 0 Å². The second-order valence-corrected chi connectivity index (χ2v) is 14.7. The highest BCUT2D eigenvalue weighted by molar-refractivity contribution is 6.29. The van der Waals surface area contributed by atoms with Gasteiger partial charge in [0.25, 0.3) is 0 Å². The molecule has 3 aromatic heterocycles. The topological polar surface area (TPSA) is 31.0 Å². The first-order valence-electron chi connectivity index (χ1n) is 18.3. The number of hydrogen-bond acceptors (Lipinski definition) is 2. The SMILES string of the molecule is CC1(C)c2ccccc2-c2c1c1c3ccccc3oc1c1c2c2ccccc2n1-c1ccc(-c2cc(-c3ccccc3)cc(-c3ccccc3)n2)cc1. The summed E-state index contributed by atoms with van der Waals surface area (Å²) in [6.45, 7) is 4.74. The zero-order valence-corrected chi connectivity index (χ0v) is 29.5. The van der Waals surface area contributed by atoms with Gasteiger partial charge in [0.1, 0.15) is 5.58 Å². The summed E-state index contributed by atoms with van der Waals surface area (Å²) in [5.74, 6) is 0. The zero-order chi connectivity index (χ0) is 35.3. The van der Waals surface area contributed by atoms with E-state index in [4.69, 9.17) is 9.40 Å². The van der Waals surface area contributed by atoms with Crippen LogP contribution in [0.1, 0.15) is 25.0 Å². The molecule has 0 aliphatic heterocycles. The van der Waals surface area contributed by atoms with Crippen LogP contribution in [0.15, 0.2) is 174 Å². The van der Waals surface area contributed by atoms with Crippen LogP contribution in [-0.4, -0.2) is 9.55 Å². The van der Waals surface area contributed by atoms with Gasteiger partial charge in [0, 0.05) is 43.8 Å². The van der Waals surface area contributed by atoms with Crippen LogP contribution >= 0.6 is 0 Å². The third kappa shape index (κ3) is 4.31. The Kier molecular flexibility index (Phi) is 6.30. The van der Waals surface area contributed by atoms with E-state index in [0.717, 1.165) is 61.4 Å². The summed E-state index contributed by atoms with van der Waals surface area (Å²) in [5, 5.41) is 4.84. The van der Waals surface area contributed by atoms with Crippen molar-refractivity contribution in [3.8, 4) is 50.5 Å². The van der Waals surface area contributed by atoms with Gasteiger partial charge in [-0.05, 0) is 69.8 Å². The van der Waals surface area contributed by atoms with Gasteiger partial charge in [-0.1, -0.05) is 147 Å². The van der Waals surface area contributed by atoms with E-state index in [2.05, 4.69) is 182 Å². The van der Waals surface area contributed by atoms with E-state index >= 15 is 0 Å². The predicted octanol–water partition coefficient (Wildman–Crippen LogP) is 13.4. The smallest absolute Gasteiger partial charge is 0.160 e. The zero-order valence-electron chi connectivity index (χ0n) is 29.5.